The van der Waals surface area contributed by atoms with Crippen LogP contribution in [0.15, 0.2) is 70.7 Å². The lowest BCUT2D eigenvalue weighted by atomic mass is 10.1. The van der Waals surface area contributed by atoms with E-state index in [0.29, 0.717) is 11.3 Å². The molecule has 0 aliphatic carbocycles. The van der Waals surface area contributed by atoms with Gasteiger partial charge < -0.3 is 9.73 Å². The van der Waals surface area contributed by atoms with E-state index in [-0.39, 0.29) is 17.0 Å². The van der Waals surface area contributed by atoms with Crippen molar-refractivity contribution in [1.29, 1.82) is 5.26 Å². The highest BCUT2D eigenvalue weighted by atomic mass is 19.4. The number of benzene rings is 2. The smallest absolute Gasteiger partial charge is 0.416 e. The molecule has 0 spiro atoms. The van der Waals surface area contributed by atoms with Crippen LogP contribution in [0.4, 0.5) is 23.2 Å². The fraction of sp³-hybridized carbons (Fsp3) is 0.0476. The van der Waals surface area contributed by atoms with Gasteiger partial charge in [0.05, 0.1) is 5.56 Å². The van der Waals surface area contributed by atoms with E-state index in [9.17, 15) is 27.6 Å². The van der Waals surface area contributed by atoms with Gasteiger partial charge >= 0.3 is 6.18 Å². The van der Waals surface area contributed by atoms with Gasteiger partial charge in [-0.15, -0.1) is 0 Å². The van der Waals surface area contributed by atoms with E-state index in [1.807, 2.05) is 0 Å². The first-order chi connectivity index (χ1) is 13.8. The number of furan rings is 1. The molecule has 0 aliphatic rings. The van der Waals surface area contributed by atoms with Crippen molar-refractivity contribution in [3.63, 3.8) is 0 Å². The highest BCUT2D eigenvalue weighted by Gasteiger charge is 2.30. The second-order valence-electron chi connectivity index (χ2n) is 5.91. The lowest BCUT2D eigenvalue weighted by Gasteiger charge is -2.09. The van der Waals surface area contributed by atoms with Gasteiger partial charge in [-0.2, -0.15) is 18.4 Å². The second kappa shape index (κ2) is 8.02. The van der Waals surface area contributed by atoms with Crippen molar-refractivity contribution < 1.29 is 26.8 Å². The van der Waals surface area contributed by atoms with Gasteiger partial charge in [0, 0.05) is 17.3 Å². The van der Waals surface area contributed by atoms with Crippen molar-refractivity contribution in [2.75, 3.05) is 5.32 Å². The Morgan fingerprint density at radius 3 is 2.52 bits per heavy atom. The van der Waals surface area contributed by atoms with Crippen LogP contribution >= 0.6 is 0 Å². The fourth-order valence-corrected chi connectivity index (χ4v) is 2.49. The normalized spacial score (nSPS) is 11.8. The summed E-state index contributed by atoms with van der Waals surface area (Å²) < 4.78 is 57.1. The molecule has 0 atom stereocenters. The van der Waals surface area contributed by atoms with Crippen LogP contribution in [-0.4, -0.2) is 5.91 Å². The fourth-order valence-electron chi connectivity index (χ4n) is 2.49. The third-order valence-electron chi connectivity index (χ3n) is 3.84. The molecule has 3 aromatic rings. The zero-order valence-corrected chi connectivity index (χ0v) is 14.6. The van der Waals surface area contributed by atoms with Gasteiger partial charge in [0.2, 0.25) is 0 Å². The molecule has 8 heteroatoms. The number of amides is 1. The standard InChI is InChI=1S/C21H12F4N2O2/c22-16-5-1-3-13(9-16)19-8-7-18(29-19)10-14(12-26)20(28)27-17-6-2-4-15(11-17)21(23,24)25/h1-11H,(H,27,28)/b14-10+. The summed E-state index contributed by atoms with van der Waals surface area (Å²) in [6, 6.07) is 14.4. The summed E-state index contributed by atoms with van der Waals surface area (Å²) in [5.41, 5.74) is -0.937. The van der Waals surface area contributed by atoms with Gasteiger partial charge in [-0.3, -0.25) is 4.79 Å². The van der Waals surface area contributed by atoms with Crippen LogP contribution in [0.25, 0.3) is 17.4 Å². The van der Waals surface area contributed by atoms with E-state index < -0.39 is 23.5 Å². The number of anilines is 1. The average molecular weight is 400 g/mol. The lowest BCUT2D eigenvalue weighted by molar-refractivity contribution is -0.137. The molecule has 0 bridgehead atoms. The highest BCUT2D eigenvalue weighted by molar-refractivity contribution is 6.09. The number of alkyl halides is 3. The van der Waals surface area contributed by atoms with E-state index in [2.05, 4.69) is 5.32 Å². The summed E-state index contributed by atoms with van der Waals surface area (Å²) in [5.74, 6) is -0.865. The summed E-state index contributed by atoms with van der Waals surface area (Å²) in [4.78, 5) is 12.3. The van der Waals surface area contributed by atoms with Crippen molar-refractivity contribution in [3.05, 3.63) is 83.4 Å². The minimum atomic E-state index is -4.56. The first-order valence-electron chi connectivity index (χ1n) is 8.22. The molecule has 0 fully saturated rings. The maximum absolute atomic E-state index is 13.3. The molecule has 2 aromatic carbocycles. The van der Waals surface area contributed by atoms with E-state index in [0.717, 1.165) is 24.3 Å². The molecule has 0 saturated carbocycles. The zero-order chi connectivity index (χ0) is 21.0. The Bertz CT molecular complexity index is 1120. The second-order valence-corrected chi connectivity index (χ2v) is 5.91. The Hall–Kier alpha value is -3.86. The number of nitrogens with zero attached hydrogens (tertiary/aromatic N) is 1. The highest BCUT2D eigenvalue weighted by Crippen LogP contribution is 2.31. The summed E-state index contributed by atoms with van der Waals surface area (Å²) in [7, 11) is 0. The van der Waals surface area contributed by atoms with Crippen LogP contribution in [0, 0.1) is 17.1 Å². The Morgan fingerprint density at radius 1 is 1.07 bits per heavy atom. The molecule has 0 aliphatic heterocycles. The van der Waals surface area contributed by atoms with Crippen LogP contribution in [0.1, 0.15) is 11.3 Å². The number of nitriles is 1. The lowest BCUT2D eigenvalue weighted by Crippen LogP contribution is -2.14. The van der Waals surface area contributed by atoms with Crippen LogP contribution in [0.3, 0.4) is 0 Å². The van der Waals surface area contributed by atoms with Crippen LogP contribution in [0.5, 0.6) is 0 Å². The van der Waals surface area contributed by atoms with E-state index in [1.165, 1.54) is 30.3 Å². The van der Waals surface area contributed by atoms with E-state index in [4.69, 9.17) is 4.42 Å². The molecule has 3 rings (SSSR count). The SMILES string of the molecule is N#C/C(=C\c1ccc(-c2cccc(F)c2)o1)C(=O)Nc1cccc(C(F)(F)F)c1. The molecule has 1 N–H and O–H groups in total. The molecule has 1 aromatic heterocycles. The molecular weight excluding hydrogens is 388 g/mol. The molecule has 146 valence electrons. The van der Waals surface area contributed by atoms with Gasteiger partial charge in [-0.05, 0) is 42.5 Å². The predicted molar refractivity (Wildman–Crippen MR) is 97.8 cm³/mol. The Morgan fingerprint density at radius 2 is 1.83 bits per heavy atom. The van der Waals surface area contributed by atoms with E-state index in [1.54, 1.807) is 18.2 Å². The minimum absolute atomic E-state index is 0.106. The zero-order valence-electron chi connectivity index (χ0n) is 14.6. The van der Waals surface area contributed by atoms with Crippen molar-refractivity contribution >= 4 is 17.7 Å². The maximum Gasteiger partial charge on any atom is 0.416 e. The van der Waals surface area contributed by atoms with Gasteiger partial charge in [-0.25, -0.2) is 4.39 Å². The van der Waals surface area contributed by atoms with Crippen LogP contribution in [-0.2, 0) is 11.0 Å². The number of hydrogen-bond acceptors (Lipinski definition) is 3. The Labute approximate surface area is 162 Å². The van der Waals surface area contributed by atoms with Crippen LogP contribution < -0.4 is 5.32 Å². The number of nitrogens with one attached hydrogen (secondary N) is 1. The summed E-state index contributed by atoms with van der Waals surface area (Å²) in [6.45, 7) is 0. The number of carbonyl (C=O) groups is 1. The molecule has 0 saturated heterocycles. The van der Waals surface area contributed by atoms with Gasteiger partial charge in [-0.1, -0.05) is 18.2 Å². The largest absolute Gasteiger partial charge is 0.457 e. The number of hydrogen-bond donors (Lipinski definition) is 1. The minimum Gasteiger partial charge on any atom is -0.457 e. The summed E-state index contributed by atoms with van der Waals surface area (Å²) >= 11 is 0. The molecular formula is C21H12F4N2O2. The number of carbonyl (C=O) groups excluding carboxylic acids is 1. The topological polar surface area (TPSA) is 66.0 Å². The number of halogens is 4. The summed E-state index contributed by atoms with van der Waals surface area (Å²) in [6.07, 6.45) is -3.41. The van der Waals surface area contributed by atoms with Gasteiger partial charge in [0.25, 0.3) is 5.91 Å². The van der Waals surface area contributed by atoms with E-state index >= 15 is 0 Å². The third kappa shape index (κ3) is 4.90. The number of rotatable bonds is 4. The monoisotopic (exact) mass is 400 g/mol. The Balaban J connectivity index is 1.80. The average Bonchev–Trinajstić information content (AvgIpc) is 3.14. The summed E-state index contributed by atoms with van der Waals surface area (Å²) in [5, 5.41) is 11.5. The van der Waals surface area contributed by atoms with Crippen molar-refractivity contribution in [2.24, 2.45) is 0 Å². The first-order valence-corrected chi connectivity index (χ1v) is 8.22. The van der Waals surface area contributed by atoms with Crippen LogP contribution in [0.2, 0.25) is 0 Å². The van der Waals surface area contributed by atoms with Crippen molar-refractivity contribution in [2.45, 2.75) is 6.18 Å². The Kier molecular flexibility index (Phi) is 5.50. The van der Waals surface area contributed by atoms with Gasteiger partial charge in [0.1, 0.15) is 29.0 Å². The molecule has 4 nitrogen and oxygen atoms in total. The molecule has 1 amide bonds. The third-order valence-corrected chi connectivity index (χ3v) is 3.84. The molecule has 29 heavy (non-hydrogen) atoms. The molecule has 0 unspecified atom stereocenters. The molecule has 1 heterocycles. The molecule has 0 radical (unpaired) electrons. The van der Waals surface area contributed by atoms with Gasteiger partial charge in [0.15, 0.2) is 0 Å². The van der Waals surface area contributed by atoms with Crippen molar-refractivity contribution in [1.82, 2.24) is 0 Å². The quantitative estimate of drug-likeness (QED) is 0.350. The first kappa shape index (κ1) is 19.9. The maximum atomic E-state index is 13.3. The predicted octanol–water partition coefficient (Wildman–Crippen LogP) is 5.65. The van der Waals surface area contributed by atoms with Crippen molar-refractivity contribution in [3.8, 4) is 17.4 Å².